The Balaban J connectivity index is 2.20. The van der Waals surface area contributed by atoms with E-state index in [4.69, 9.17) is 4.52 Å². The smallest absolute Gasteiger partial charge is 0.259 e. The molecule has 6 nitrogen and oxygen atoms in total. The minimum atomic E-state index is -3.00. The maximum absolute atomic E-state index is 12.3. The summed E-state index contributed by atoms with van der Waals surface area (Å²) in [5.41, 5.74) is 0.965. The van der Waals surface area contributed by atoms with E-state index < -0.39 is 9.84 Å². The first-order valence-electron chi connectivity index (χ1n) is 5.72. The third-order valence-electron chi connectivity index (χ3n) is 3.32. The minimum absolute atomic E-state index is 0.0403. The van der Waals surface area contributed by atoms with Gasteiger partial charge in [0.1, 0.15) is 11.3 Å². The summed E-state index contributed by atoms with van der Waals surface area (Å²) in [6.07, 6.45) is 0.494. The molecular weight excluding hydrogens is 256 g/mol. The van der Waals surface area contributed by atoms with Crippen molar-refractivity contribution >= 4 is 15.7 Å². The van der Waals surface area contributed by atoms with Gasteiger partial charge in [-0.15, -0.1) is 0 Å². The van der Waals surface area contributed by atoms with E-state index in [1.165, 1.54) is 4.90 Å². The molecule has 1 unspecified atom stereocenters. The first-order chi connectivity index (χ1) is 8.32. The Hall–Kier alpha value is -1.37. The van der Waals surface area contributed by atoms with Gasteiger partial charge in [-0.2, -0.15) is 0 Å². The largest absolute Gasteiger partial charge is 0.361 e. The Bertz CT molecular complexity index is 556. The summed E-state index contributed by atoms with van der Waals surface area (Å²) in [5.74, 6) is 0.425. The Morgan fingerprint density at radius 1 is 1.44 bits per heavy atom. The van der Waals surface area contributed by atoms with E-state index >= 15 is 0 Å². The van der Waals surface area contributed by atoms with Gasteiger partial charge in [-0.25, -0.2) is 8.42 Å². The van der Waals surface area contributed by atoms with E-state index in [0.717, 1.165) is 0 Å². The van der Waals surface area contributed by atoms with Crippen molar-refractivity contribution in [2.24, 2.45) is 0 Å². The molecule has 18 heavy (non-hydrogen) atoms. The van der Waals surface area contributed by atoms with Crippen LogP contribution >= 0.6 is 0 Å². The van der Waals surface area contributed by atoms with Gasteiger partial charge in [0.25, 0.3) is 5.91 Å². The highest BCUT2D eigenvalue weighted by molar-refractivity contribution is 7.91. The van der Waals surface area contributed by atoms with Crippen LogP contribution in [0.3, 0.4) is 0 Å². The number of aryl methyl sites for hydroxylation is 2. The normalized spacial score (nSPS) is 22.1. The lowest BCUT2D eigenvalue weighted by molar-refractivity contribution is 0.0745. The zero-order valence-corrected chi connectivity index (χ0v) is 11.5. The van der Waals surface area contributed by atoms with Crippen molar-refractivity contribution in [3.05, 3.63) is 17.0 Å². The maximum Gasteiger partial charge on any atom is 0.259 e. The average molecular weight is 272 g/mol. The third kappa shape index (κ3) is 2.27. The van der Waals surface area contributed by atoms with Crippen molar-refractivity contribution in [3.63, 3.8) is 0 Å². The van der Waals surface area contributed by atoms with Crippen LogP contribution in [0.4, 0.5) is 0 Å². The van der Waals surface area contributed by atoms with Gasteiger partial charge >= 0.3 is 0 Å². The van der Waals surface area contributed by atoms with Crippen LogP contribution in [0, 0.1) is 13.8 Å². The minimum Gasteiger partial charge on any atom is -0.361 e. The molecule has 1 atom stereocenters. The van der Waals surface area contributed by atoms with Gasteiger partial charge in [0.2, 0.25) is 0 Å². The Kier molecular flexibility index (Phi) is 3.18. The zero-order chi connectivity index (χ0) is 13.5. The summed E-state index contributed by atoms with van der Waals surface area (Å²) < 4.78 is 27.8. The fourth-order valence-corrected chi connectivity index (χ4v) is 3.99. The molecule has 0 spiro atoms. The van der Waals surface area contributed by atoms with E-state index in [1.807, 2.05) is 0 Å². The van der Waals surface area contributed by atoms with Crippen molar-refractivity contribution in [2.75, 3.05) is 18.6 Å². The molecule has 1 fully saturated rings. The molecule has 0 saturated carbocycles. The van der Waals surface area contributed by atoms with Crippen LogP contribution < -0.4 is 0 Å². The lowest BCUT2D eigenvalue weighted by Crippen LogP contribution is -2.38. The maximum atomic E-state index is 12.3. The van der Waals surface area contributed by atoms with Gasteiger partial charge in [0.15, 0.2) is 9.84 Å². The molecule has 7 heteroatoms. The molecule has 0 radical (unpaired) electrons. The molecule has 2 rings (SSSR count). The third-order valence-corrected chi connectivity index (χ3v) is 5.07. The second-order valence-corrected chi connectivity index (χ2v) is 6.90. The number of sulfone groups is 1. The SMILES string of the molecule is Cc1noc(C)c1C(=O)N(C)C1CCS(=O)(=O)C1. The topological polar surface area (TPSA) is 80.5 Å². The van der Waals surface area contributed by atoms with Gasteiger partial charge in [-0.1, -0.05) is 5.16 Å². The lowest BCUT2D eigenvalue weighted by Gasteiger charge is -2.23. The number of carbonyl (C=O) groups excluding carboxylic acids is 1. The molecule has 0 aliphatic carbocycles. The molecule has 0 bridgehead atoms. The van der Waals surface area contributed by atoms with Crippen LogP contribution in [-0.4, -0.2) is 49.0 Å². The molecule has 0 N–H and O–H groups in total. The number of rotatable bonds is 2. The highest BCUT2D eigenvalue weighted by Gasteiger charge is 2.34. The van der Waals surface area contributed by atoms with Crippen molar-refractivity contribution in [1.82, 2.24) is 10.1 Å². The first kappa shape index (κ1) is 13.1. The van der Waals surface area contributed by atoms with Crippen molar-refractivity contribution in [3.8, 4) is 0 Å². The van der Waals surface area contributed by atoms with Gasteiger partial charge in [0, 0.05) is 13.1 Å². The Labute approximate surface area is 106 Å². The molecule has 100 valence electrons. The van der Waals surface area contributed by atoms with E-state index in [2.05, 4.69) is 5.16 Å². The Morgan fingerprint density at radius 2 is 2.11 bits per heavy atom. The molecule has 1 aliphatic rings. The fraction of sp³-hybridized carbons (Fsp3) is 0.636. The molecule has 1 saturated heterocycles. The number of hydrogen-bond acceptors (Lipinski definition) is 5. The van der Waals surface area contributed by atoms with Gasteiger partial charge in [0.05, 0.1) is 17.2 Å². The van der Waals surface area contributed by atoms with Crippen molar-refractivity contribution in [1.29, 1.82) is 0 Å². The van der Waals surface area contributed by atoms with Gasteiger partial charge < -0.3 is 9.42 Å². The number of hydrogen-bond donors (Lipinski definition) is 0. The predicted octanol–water partition coefficient (Wildman–Crippen LogP) is 0.551. The molecule has 1 aromatic heterocycles. The van der Waals surface area contributed by atoms with Crippen molar-refractivity contribution < 1.29 is 17.7 Å². The summed E-state index contributed by atoms with van der Waals surface area (Å²) in [5, 5.41) is 3.73. The summed E-state index contributed by atoms with van der Waals surface area (Å²) in [6, 6.07) is -0.254. The second kappa shape index (κ2) is 4.38. The molecule has 2 heterocycles. The second-order valence-electron chi connectivity index (χ2n) is 4.67. The van der Waals surface area contributed by atoms with Crippen LogP contribution in [0.5, 0.6) is 0 Å². The van der Waals surface area contributed by atoms with Crippen LogP contribution in [0.25, 0.3) is 0 Å². The molecule has 1 amide bonds. The monoisotopic (exact) mass is 272 g/mol. The average Bonchev–Trinajstić information content (AvgIpc) is 2.80. The number of aromatic nitrogens is 1. The van der Waals surface area contributed by atoms with E-state index in [0.29, 0.717) is 23.4 Å². The highest BCUT2D eigenvalue weighted by Crippen LogP contribution is 2.21. The van der Waals surface area contributed by atoms with Crippen LogP contribution in [-0.2, 0) is 9.84 Å². The van der Waals surface area contributed by atoms with Crippen LogP contribution in [0.2, 0.25) is 0 Å². The van der Waals surface area contributed by atoms with E-state index in [-0.39, 0.29) is 23.5 Å². The number of amides is 1. The highest BCUT2D eigenvalue weighted by atomic mass is 32.2. The Morgan fingerprint density at radius 3 is 2.56 bits per heavy atom. The molecular formula is C11H16N2O4S. The van der Waals surface area contributed by atoms with E-state index in [9.17, 15) is 13.2 Å². The van der Waals surface area contributed by atoms with E-state index in [1.54, 1.807) is 20.9 Å². The lowest BCUT2D eigenvalue weighted by atomic mass is 10.1. The summed E-state index contributed by atoms with van der Waals surface area (Å²) in [4.78, 5) is 13.8. The first-order valence-corrected chi connectivity index (χ1v) is 7.54. The summed E-state index contributed by atoms with van der Waals surface area (Å²) in [7, 11) is -1.37. The number of nitrogens with zero attached hydrogens (tertiary/aromatic N) is 2. The summed E-state index contributed by atoms with van der Waals surface area (Å²) in [6.45, 7) is 3.37. The summed E-state index contributed by atoms with van der Waals surface area (Å²) >= 11 is 0. The van der Waals surface area contributed by atoms with Gasteiger partial charge in [-0.3, -0.25) is 4.79 Å². The molecule has 1 aliphatic heterocycles. The predicted molar refractivity (Wildman–Crippen MR) is 65.1 cm³/mol. The zero-order valence-electron chi connectivity index (χ0n) is 10.6. The molecule has 1 aromatic rings. The molecule has 0 aromatic carbocycles. The number of carbonyl (C=O) groups is 1. The van der Waals surface area contributed by atoms with Crippen molar-refractivity contribution in [2.45, 2.75) is 26.3 Å². The van der Waals surface area contributed by atoms with Gasteiger partial charge in [-0.05, 0) is 20.3 Å². The van der Waals surface area contributed by atoms with Crippen LogP contribution in [0.15, 0.2) is 4.52 Å². The fourth-order valence-electron chi connectivity index (χ4n) is 2.21. The van der Waals surface area contributed by atoms with Crippen LogP contribution in [0.1, 0.15) is 28.2 Å². The standard InChI is InChI=1S/C11H16N2O4S/c1-7-10(8(2)17-12-7)11(14)13(3)9-4-5-18(15,16)6-9/h9H,4-6H2,1-3H3. The quantitative estimate of drug-likeness (QED) is 0.785.